The summed E-state index contributed by atoms with van der Waals surface area (Å²) in [6.45, 7) is 2.48. The maximum atomic E-state index is 13.5. The van der Waals surface area contributed by atoms with Crippen molar-refractivity contribution in [3.8, 4) is 0 Å². The van der Waals surface area contributed by atoms with Crippen LogP contribution in [0.3, 0.4) is 0 Å². The van der Waals surface area contributed by atoms with E-state index in [-0.39, 0.29) is 24.2 Å². The number of halogens is 4. The SMILES string of the molecule is CN(Cc1ccc(F)cc1C(F)(F)F)C1CCN(c2nnc(N3CCNC3=O)c3ccccc23)CC1. The van der Waals surface area contributed by atoms with Crippen molar-refractivity contribution in [3.63, 3.8) is 0 Å². The maximum Gasteiger partial charge on any atom is 0.416 e. The molecule has 0 unspecified atom stereocenters. The van der Waals surface area contributed by atoms with Crippen LogP contribution in [-0.2, 0) is 12.7 Å². The van der Waals surface area contributed by atoms with Crippen LogP contribution in [0.1, 0.15) is 24.0 Å². The summed E-state index contributed by atoms with van der Waals surface area (Å²) in [6, 6.07) is 10.4. The van der Waals surface area contributed by atoms with Crippen molar-refractivity contribution in [2.24, 2.45) is 0 Å². The quantitative estimate of drug-likeness (QED) is 0.524. The van der Waals surface area contributed by atoms with Crippen molar-refractivity contribution in [3.05, 3.63) is 59.4 Å². The van der Waals surface area contributed by atoms with Gasteiger partial charge in [-0.1, -0.05) is 30.3 Å². The van der Waals surface area contributed by atoms with Crippen LogP contribution < -0.4 is 15.1 Å². The Balaban J connectivity index is 1.31. The normalized spacial score (nSPS) is 17.3. The number of nitrogens with zero attached hydrogens (tertiary/aromatic N) is 5. The molecule has 2 amide bonds. The van der Waals surface area contributed by atoms with Crippen LogP contribution in [0, 0.1) is 5.82 Å². The lowest BCUT2D eigenvalue weighted by Crippen LogP contribution is -2.43. The van der Waals surface area contributed by atoms with Crippen molar-refractivity contribution in [2.45, 2.75) is 31.6 Å². The molecule has 2 fully saturated rings. The summed E-state index contributed by atoms with van der Waals surface area (Å²) in [4.78, 5) is 17.8. The van der Waals surface area contributed by atoms with E-state index in [1.807, 2.05) is 29.2 Å². The van der Waals surface area contributed by atoms with E-state index in [4.69, 9.17) is 0 Å². The van der Waals surface area contributed by atoms with Gasteiger partial charge >= 0.3 is 12.2 Å². The van der Waals surface area contributed by atoms with Gasteiger partial charge in [-0.2, -0.15) is 13.2 Å². The first-order valence-electron chi connectivity index (χ1n) is 11.8. The molecule has 0 spiro atoms. The molecule has 0 aliphatic carbocycles. The molecule has 190 valence electrons. The van der Waals surface area contributed by atoms with Gasteiger partial charge in [-0.25, -0.2) is 9.18 Å². The lowest BCUT2D eigenvalue weighted by atomic mass is 10.0. The first kappa shape index (κ1) is 24.2. The van der Waals surface area contributed by atoms with Gasteiger partial charge in [-0.15, -0.1) is 10.2 Å². The number of benzene rings is 2. The van der Waals surface area contributed by atoms with Gasteiger partial charge in [-0.3, -0.25) is 9.80 Å². The lowest BCUT2D eigenvalue weighted by molar-refractivity contribution is -0.138. The van der Waals surface area contributed by atoms with Gasteiger partial charge in [0.25, 0.3) is 0 Å². The number of alkyl halides is 3. The first-order chi connectivity index (χ1) is 17.2. The third-order valence-electron chi connectivity index (χ3n) is 6.95. The molecule has 1 N–H and O–H groups in total. The fourth-order valence-corrected chi connectivity index (χ4v) is 5.05. The minimum absolute atomic E-state index is 0.0622. The monoisotopic (exact) mass is 502 g/mol. The van der Waals surface area contributed by atoms with Crippen LogP contribution in [0.4, 0.5) is 34.0 Å². The first-order valence-corrected chi connectivity index (χ1v) is 11.8. The number of piperidine rings is 1. The highest BCUT2D eigenvalue weighted by Crippen LogP contribution is 2.35. The molecule has 2 aliphatic heterocycles. The summed E-state index contributed by atoms with van der Waals surface area (Å²) in [6.07, 6.45) is -3.15. The summed E-state index contributed by atoms with van der Waals surface area (Å²) in [5.74, 6) is 0.360. The molecule has 0 atom stereocenters. The molecular weight excluding hydrogens is 476 g/mol. The van der Waals surface area contributed by atoms with Crippen LogP contribution in [0.25, 0.3) is 10.8 Å². The number of hydrogen-bond acceptors (Lipinski definition) is 5. The van der Waals surface area contributed by atoms with Crippen molar-refractivity contribution in [1.82, 2.24) is 20.4 Å². The summed E-state index contributed by atoms with van der Waals surface area (Å²) >= 11 is 0. The van der Waals surface area contributed by atoms with Crippen LogP contribution in [0.2, 0.25) is 0 Å². The van der Waals surface area contributed by atoms with Gasteiger partial charge in [0.2, 0.25) is 0 Å². The molecule has 0 saturated carbocycles. The largest absolute Gasteiger partial charge is 0.416 e. The van der Waals surface area contributed by atoms with Crippen LogP contribution >= 0.6 is 0 Å². The third-order valence-corrected chi connectivity index (χ3v) is 6.95. The predicted molar refractivity (Wildman–Crippen MR) is 128 cm³/mol. The minimum Gasteiger partial charge on any atom is -0.354 e. The number of fused-ring (bicyclic) bond motifs is 1. The number of carbonyl (C=O) groups excluding carboxylic acids is 1. The molecule has 2 aromatic carbocycles. The summed E-state index contributed by atoms with van der Waals surface area (Å²) in [5, 5.41) is 13.4. The van der Waals surface area contributed by atoms with E-state index in [0.29, 0.717) is 38.1 Å². The standard InChI is InChI=1S/C25H26F4N6O/c1-33(15-16-6-7-17(26)14-21(16)25(27,28)29)18-8-11-34(12-9-18)22-19-4-2-3-5-20(19)23(32-31-22)35-13-10-30-24(35)36/h2-7,14,18H,8-13,15H2,1H3,(H,30,36). The molecule has 3 heterocycles. The van der Waals surface area contributed by atoms with Crippen molar-refractivity contribution < 1.29 is 22.4 Å². The van der Waals surface area contributed by atoms with Crippen LogP contribution in [-0.4, -0.2) is 60.4 Å². The fourth-order valence-electron chi connectivity index (χ4n) is 5.05. The molecule has 1 aromatic heterocycles. The molecule has 0 bridgehead atoms. The molecule has 11 heteroatoms. The molecule has 2 aliphatic rings. The van der Waals surface area contributed by atoms with Gasteiger partial charge in [-0.05, 0) is 37.6 Å². The summed E-state index contributed by atoms with van der Waals surface area (Å²) in [7, 11) is 1.80. The molecule has 0 radical (unpaired) electrons. The highest BCUT2D eigenvalue weighted by Gasteiger charge is 2.35. The Labute approximate surface area is 205 Å². The molecule has 2 saturated heterocycles. The number of rotatable bonds is 5. The number of carbonyl (C=O) groups is 1. The van der Waals surface area contributed by atoms with Gasteiger partial charge in [0, 0.05) is 49.5 Å². The maximum absolute atomic E-state index is 13.5. The smallest absolute Gasteiger partial charge is 0.354 e. The fraction of sp³-hybridized carbons (Fsp3) is 0.400. The predicted octanol–water partition coefficient (Wildman–Crippen LogP) is 4.42. The zero-order valence-corrected chi connectivity index (χ0v) is 19.7. The Bertz CT molecular complexity index is 1280. The molecule has 3 aromatic rings. The Morgan fingerprint density at radius 1 is 1.03 bits per heavy atom. The zero-order chi connectivity index (χ0) is 25.4. The lowest BCUT2D eigenvalue weighted by Gasteiger charge is -2.37. The molecular formula is C25H26F4N6O. The van der Waals surface area contributed by atoms with Crippen LogP contribution in [0.5, 0.6) is 0 Å². The van der Waals surface area contributed by atoms with Crippen molar-refractivity contribution in [1.29, 1.82) is 0 Å². The second-order valence-corrected chi connectivity index (χ2v) is 9.21. The number of urea groups is 1. The summed E-state index contributed by atoms with van der Waals surface area (Å²) < 4.78 is 53.7. The number of hydrogen-bond donors (Lipinski definition) is 1. The van der Waals surface area contributed by atoms with Gasteiger partial charge in [0.05, 0.1) is 5.56 Å². The van der Waals surface area contributed by atoms with Gasteiger partial charge in [0.1, 0.15) is 5.82 Å². The van der Waals surface area contributed by atoms with E-state index in [2.05, 4.69) is 20.4 Å². The Morgan fingerprint density at radius 2 is 1.69 bits per heavy atom. The Morgan fingerprint density at radius 3 is 2.33 bits per heavy atom. The van der Waals surface area contributed by atoms with E-state index in [0.717, 1.165) is 35.5 Å². The molecule has 5 rings (SSSR count). The highest BCUT2D eigenvalue weighted by atomic mass is 19.4. The van der Waals surface area contributed by atoms with Crippen molar-refractivity contribution in [2.75, 3.05) is 43.0 Å². The summed E-state index contributed by atoms with van der Waals surface area (Å²) in [5.41, 5.74) is -0.868. The van der Waals surface area contributed by atoms with E-state index in [9.17, 15) is 22.4 Å². The number of aromatic nitrogens is 2. The van der Waals surface area contributed by atoms with Crippen molar-refractivity contribution >= 4 is 28.4 Å². The highest BCUT2D eigenvalue weighted by molar-refractivity contribution is 6.05. The second kappa shape index (κ2) is 9.53. The molecule has 36 heavy (non-hydrogen) atoms. The van der Waals surface area contributed by atoms with E-state index in [1.54, 1.807) is 11.9 Å². The van der Waals surface area contributed by atoms with Crippen LogP contribution in [0.15, 0.2) is 42.5 Å². The van der Waals surface area contributed by atoms with E-state index >= 15 is 0 Å². The Kier molecular flexibility index (Phi) is 6.42. The Hall–Kier alpha value is -3.47. The minimum atomic E-state index is -4.61. The number of anilines is 2. The third kappa shape index (κ3) is 4.67. The van der Waals surface area contributed by atoms with E-state index in [1.165, 1.54) is 6.07 Å². The number of amides is 2. The molecule has 7 nitrogen and oxygen atoms in total. The van der Waals surface area contributed by atoms with E-state index < -0.39 is 17.6 Å². The average Bonchev–Trinajstić information content (AvgIpc) is 3.29. The topological polar surface area (TPSA) is 64.6 Å². The van der Waals surface area contributed by atoms with Gasteiger partial charge in [0.15, 0.2) is 11.6 Å². The zero-order valence-electron chi connectivity index (χ0n) is 19.7. The average molecular weight is 503 g/mol. The second-order valence-electron chi connectivity index (χ2n) is 9.21. The number of nitrogens with one attached hydrogen (secondary N) is 1. The van der Waals surface area contributed by atoms with Gasteiger partial charge < -0.3 is 10.2 Å².